The van der Waals surface area contributed by atoms with Gasteiger partial charge in [0.2, 0.25) is 11.1 Å². The molecule has 2 aromatic rings. The van der Waals surface area contributed by atoms with Crippen molar-refractivity contribution in [3.63, 3.8) is 0 Å². The van der Waals surface area contributed by atoms with Gasteiger partial charge < -0.3 is 16.2 Å². The van der Waals surface area contributed by atoms with E-state index in [2.05, 4.69) is 20.8 Å². The molecule has 168 valence electrons. The predicted molar refractivity (Wildman–Crippen MR) is 117 cm³/mol. The van der Waals surface area contributed by atoms with Gasteiger partial charge in [-0.2, -0.15) is 0 Å². The average Bonchev–Trinajstić information content (AvgIpc) is 3.20. The molecule has 2 aliphatic heterocycles. The normalized spacial score (nSPS) is 20.1. The van der Waals surface area contributed by atoms with E-state index in [1.54, 1.807) is 7.05 Å². The Bertz CT molecular complexity index is 1100. The lowest BCUT2D eigenvalue weighted by Crippen LogP contribution is -2.70. The predicted octanol–water partition coefficient (Wildman–Crippen LogP) is -0.258. The molecular weight excluding hydrogens is 454 g/mol. The Labute approximate surface area is 191 Å². The van der Waals surface area contributed by atoms with E-state index in [1.807, 2.05) is 24.3 Å². The van der Waals surface area contributed by atoms with Gasteiger partial charge in [0.25, 0.3) is 5.91 Å². The van der Waals surface area contributed by atoms with Crippen molar-refractivity contribution in [3.8, 4) is 0 Å². The molecule has 2 atom stereocenters. The van der Waals surface area contributed by atoms with Crippen LogP contribution in [0.15, 0.2) is 40.7 Å². The van der Waals surface area contributed by atoms with E-state index >= 15 is 0 Å². The SMILES string of the molecule is Cn1nnnc1SCC1=C(C(=O)O)N2C(=O)C(NC(=O)Cc3ccccc3CN)[C@H]2SC1. The quantitative estimate of drug-likeness (QED) is 0.343. The largest absolute Gasteiger partial charge is 0.477 e. The minimum atomic E-state index is -1.17. The molecule has 1 unspecified atom stereocenters. The summed E-state index contributed by atoms with van der Waals surface area (Å²) in [5.41, 5.74) is 7.98. The number of carbonyl (C=O) groups excluding carboxylic acids is 2. The third-order valence-corrected chi connectivity index (χ3v) is 7.65. The second-order valence-electron chi connectivity index (χ2n) is 7.24. The van der Waals surface area contributed by atoms with Crippen LogP contribution in [0, 0.1) is 0 Å². The zero-order valence-electron chi connectivity index (χ0n) is 17.1. The third-order valence-electron chi connectivity index (χ3n) is 5.21. The van der Waals surface area contributed by atoms with Gasteiger partial charge in [0.15, 0.2) is 0 Å². The van der Waals surface area contributed by atoms with Crippen molar-refractivity contribution in [3.05, 3.63) is 46.7 Å². The molecule has 0 spiro atoms. The van der Waals surface area contributed by atoms with Gasteiger partial charge in [0, 0.05) is 25.1 Å². The maximum Gasteiger partial charge on any atom is 0.352 e. The van der Waals surface area contributed by atoms with Gasteiger partial charge in [0.1, 0.15) is 17.1 Å². The molecule has 2 amide bonds. The highest BCUT2D eigenvalue weighted by molar-refractivity contribution is 8.01. The van der Waals surface area contributed by atoms with Crippen molar-refractivity contribution in [1.82, 2.24) is 30.4 Å². The van der Waals surface area contributed by atoms with Crippen molar-refractivity contribution in [2.75, 3.05) is 11.5 Å². The van der Waals surface area contributed by atoms with Crippen LogP contribution in [0.25, 0.3) is 0 Å². The van der Waals surface area contributed by atoms with E-state index in [0.717, 1.165) is 11.1 Å². The topological polar surface area (TPSA) is 156 Å². The van der Waals surface area contributed by atoms with Gasteiger partial charge in [-0.15, -0.1) is 16.9 Å². The summed E-state index contributed by atoms with van der Waals surface area (Å²) in [5.74, 6) is -1.13. The molecule has 1 aromatic carbocycles. The standard InChI is InChI=1S/C19H21N7O4S2/c1-25-19(22-23-24-25)32-9-12-8-31-17-14(16(28)26(17)15(12)18(29)30)21-13(27)6-10-4-2-3-5-11(10)7-20/h2-5,14,17H,6-9,20H2,1H3,(H,21,27)(H,29,30)/t14?,17-/m1/s1. The van der Waals surface area contributed by atoms with Gasteiger partial charge in [-0.1, -0.05) is 36.0 Å². The number of amides is 2. The second kappa shape index (κ2) is 9.30. The molecule has 11 nitrogen and oxygen atoms in total. The minimum absolute atomic E-state index is 0.0275. The fraction of sp³-hybridized carbons (Fsp3) is 0.368. The minimum Gasteiger partial charge on any atom is -0.477 e. The van der Waals surface area contributed by atoms with Crippen molar-refractivity contribution >= 4 is 41.3 Å². The highest BCUT2D eigenvalue weighted by Crippen LogP contribution is 2.41. The van der Waals surface area contributed by atoms with Crippen molar-refractivity contribution in [2.24, 2.45) is 12.8 Å². The van der Waals surface area contributed by atoms with Crippen LogP contribution in [0.4, 0.5) is 0 Å². The number of nitrogens with zero attached hydrogens (tertiary/aromatic N) is 5. The lowest BCUT2D eigenvalue weighted by Gasteiger charge is -2.49. The number of nitrogens with two attached hydrogens (primary N) is 1. The van der Waals surface area contributed by atoms with Crippen LogP contribution in [0.2, 0.25) is 0 Å². The second-order valence-corrected chi connectivity index (χ2v) is 9.28. The Balaban J connectivity index is 1.44. The lowest BCUT2D eigenvalue weighted by atomic mass is 10.0. The number of aliphatic carboxylic acids is 1. The molecule has 0 aliphatic carbocycles. The number of β-lactam (4-membered cyclic amide) rings is 1. The number of hydrogen-bond acceptors (Lipinski definition) is 9. The number of carbonyl (C=O) groups is 3. The maximum absolute atomic E-state index is 12.8. The first kappa shape index (κ1) is 22.3. The van der Waals surface area contributed by atoms with E-state index in [-0.39, 0.29) is 18.0 Å². The Morgan fingerprint density at radius 3 is 2.75 bits per heavy atom. The van der Waals surface area contributed by atoms with E-state index in [0.29, 0.717) is 28.8 Å². The first-order chi connectivity index (χ1) is 15.4. The number of aromatic nitrogens is 4. The Morgan fingerprint density at radius 1 is 1.34 bits per heavy atom. The number of fused-ring (bicyclic) bond motifs is 1. The molecule has 4 rings (SSSR count). The Morgan fingerprint density at radius 2 is 2.09 bits per heavy atom. The molecule has 32 heavy (non-hydrogen) atoms. The summed E-state index contributed by atoms with van der Waals surface area (Å²) >= 11 is 2.73. The first-order valence-corrected chi connectivity index (χ1v) is 11.8. The molecule has 3 heterocycles. The van der Waals surface area contributed by atoms with Gasteiger partial charge in [-0.05, 0) is 27.1 Å². The van der Waals surface area contributed by atoms with E-state index < -0.39 is 23.3 Å². The number of thioether (sulfide) groups is 2. The Hall–Kier alpha value is -2.90. The summed E-state index contributed by atoms with van der Waals surface area (Å²) in [4.78, 5) is 38.6. The summed E-state index contributed by atoms with van der Waals surface area (Å²) < 4.78 is 1.49. The number of benzene rings is 1. The highest BCUT2D eigenvalue weighted by atomic mass is 32.2. The number of hydrogen-bond donors (Lipinski definition) is 3. The molecular formula is C19H21N7O4S2. The zero-order chi connectivity index (χ0) is 22.8. The number of carboxylic acids is 1. The number of carboxylic acid groups (broad SMARTS) is 1. The zero-order valence-corrected chi connectivity index (χ0v) is 18.7. The molecule has 4 N–H and O–H groups in total. The van der Waals surface area contributed by atoms with Gasteiger partial charge in [0.05, 0.1) is 6.42 Å². The van der Waals surface area contributed by atoms with Crippen LogP contribution >= 0.6 is 23.5 Å². The van der Waals surface area contributed by atoms with Crippen LogP contribution in [0.5, 0.6) is 0 Å². The molecule has 1 aromatic heterocycles. The fourth-order valence-electron chi connectivity index (χ4n) is 3.62. The molecule has 0 saturated carbocycles. The van der Waals surface area contributed by atoms with Crippen molar-refractivity contribution in [2.45, 2.75) is 29.5 Å². The van der Waals surface area contributed by atoms with Gasteiger partial charge in [-0.25, -0.2) is 9.48 Å². The van der Waals surface area contributed by atoms with Crippen LogP contribution in [0.1, 0.15) is 11.1 Å². The van der Waals surface area contributed by atoms with Crippen LogP contribution in [-0.2, 0) is 34.4 Å². The molecule has 1 saturated heterocycles. The summed E-state index contributed by atoms with van der Waals surface area (Å²) in [7, 11) is 1.69. The van der Waals surface area contributed by atoms with Crippen molar-refractivity contribution < 1.29 is 19.5 Å². The van der Waals surface area contributed by atoms with Gasteiger partial charge >= 0.3 is 5.97 Å². The number of rotatable bonds is 8. The smallest absolute Gasteiger partial charge is 0.352 e. The molecule has 13 heteroatoms. The van der Waals surface area contributed by atoms with Crippen molar-refractivity contribution in [1.29, 1.82) is 0 Å². The summed E-state index contributed by atoms with van der Waals surface area (Å²) in [6.45, 7) is 0.315. The number of aryl methyl sites for hydroxylation is 1. The third kappa shape index (κ3) is 4.23. The van der Waals surface area contributed by atoms with E-state index in [4.69, 9.17) is 5.73 Å². The molecule has 2 aliphatic rings. The number of tetrazole rings is 1. The van der Waals surface area contributed by atoms with E-state index in [9.17, 15) is 19.5 Å². The maximum atomic E-state index is 12.8. The van der Waals surface area contributed by atoms with Gasteiger partial charge in [-0.3, -0.25) is 14.5 Å². The molecule has 1 fully saturated rings. The molecule has 0 bridgehead atoms. The summed E-state index contributed by atoms with van der Waals surface area (Å²) in [6, 6.07) is 6.61. The van der Waals surface area contributed by atoms with Crippen LogP contribution in [-0.4, -0.2) is 70.9 Å². The monoisotopic (exact) mass is 475 g/mol. The fourth-order valence-corrected chi connectivity index (χ4v) is 5.95. The number of nitrogens with one attached hydrogen (secondary N) is 1. The van der Waals surface area contributed by atoms with Crippen LogP contribution in [0.3, 0.4) is 0 Å². The average molecular weight is 476 g/mol. The Kier molecular flexibility index (Phi) is 6.48. The molecule has 0 radical (unpaired) electrons. The lowest BCUT2D eigenvalue weighted by molar-refractivity contribution is -0.150. The van der Waals surface area contributed by atoms with E-state index in [1.165, 1.54) is 33.1 Å². The van der Waals surface area contributed by atoms with Crippen LogP contribution < -0.4 is 11.1 Å². The summed E-state index contributed by atoms with van der Waals surface area (Å²) in [6.07, 6.45) is 0.101. The highest BCUT2D eigenvalue weighted by Gasteiger charge is 2.54. The first-order valence-electron chi connectivity index (χ1n) is 9.72. The summed E-state index contributed by atoms with van der Waals surface area (Å²) in [5, 5.41) is 23.8.